The van der Waals surface area contributed by atoms with Crippen molar-refractivity contribution < 1.29 is 4.74 Å². The maximum absolute atomic E-state index is 5.82. The second-order valence-corrected chi connectivity index (χ2v) is 4.00. The van der Waals surface area contributed by atoms with Gasteiger partial charge in [-0.25, -0.2) is 0 Å². The van der Waals surface area contributed by atoms with E-state index < -0.39 is 0 Å². The van der Waals surface area contributed by atoms with Crippen LogP contribution in [0.1, 0.15) is 12.5 Å². The molecule has 1 aromatic rings. The van der Waals surface area contributed by atoms with Gasteiger partial charge < -0.3 is 4.74 Å². The van der Waals surface area contributed by atoms with E-state index in [-0.39, 0.29) is 0 Å². The number of halogens is 1. The standard InChI is InChI=1S/C12H18ClNO/c1-3-15-9-8-14(2)10-11-4-6-12(13)7-5-11/h4-7H,3,8-10H2,1-2H3. The summed E-state index contributed by atoms with van der Waals surface area (Å²) in [5, 5.41) is 0.788. The van der Waals surface area contributed by atoms with Crippen LogP contribution in [0.25, 0.3) is 0 Å². The summed E-state index contributed by atoms with van der Waals surface area (Å²) in [6.45, 7) is 5.48. The van der Waals surface area contributed by atoms with E-state index in [1.807, 2.05) is 19.1 Å². The second-order valence-electron chi connectivity index (χ2n) is 3.56. The van der Waals surface area contributed by atoms with E-state index in [0.29, 0.717) is 0 Å². The molecule has 0 saturated carbocycles. The summed E-state index contributed by atoms with van der Waals surface area (Å²) in [4.78, 5) is 2.24. The van der Waals surface area contributed by atoms with Gasteiger partial charge in [-0.1, -0.05) is 23.7 Å². The van der Waals surface area contributed by atoms with Crippen LogP contribution in [0.5, 0.6) is 0 Å². The highest BCUT2D eigenvalue weighted by Gasteiger charge is 1.99. The molecule has 0 aliphatic rings. The highest BCUT2D eigenvalue weighted by molar-refractivity contribution is 6.30. The van der Waals surface area contributed by atoms with E-state index in [0.717, 1.165) is 31.3 Å². The first-order chi connectivity index (χ1) is 7.22. The zero-order valence-electron chi connectivity index (χ0n) is 9.37. The number of nitrogens with zero attached hydrogens (tertiary/aromatic N) is 1. The van der Waals surface area contributed by atoms with Crippen molar-refractivity contribution in [3.05, 3.63) is 34.9 Å². The van der Waals surface area contributed by atoms with Crippen LogP contribution in [0.3, 0.4) is 0 Å². The lowest BCUT2D eigenvalue weighted by Crippen LogP contribution is -2.22. The molecule has 3 heteroatoms. The topological polar surface area (TPSA) is 12.5 Å². The fourth-order valence-electron chi connectivity index (χ4n) is 1.35. The summed E-state index contributed by atoms with van der Waals surface area (Å²) in [7, 11) is 2.09. The van der Waals surface area contributed by atoms with Gasteiger partial charge in [-0.15, -0.1) is 0 Å². The summed E-state index contributed by atoms with van der Waals surface area (Å²) < 4.78 is 5.30. The third-order valence-corrected chi connectivity index (χ3v) is 2.44. The van der Waals surface area contributed by atoms with E-state index in [9.17, 15) is 0 Å². The van der Waals surface area contributed by atoms with E-state index in [2.05, 4.69) is 24.1 Å². The van der Waals surface area contributed by atoms with Gasteiger partial charge in [0, 0.05) is 24.7 Å². The summed E-state index contributed by atoms with van der Waals surface area (Å²) in [6, 6.07) is 7.96. The van der Waals surface area contributed by atoms with Gasteiger partial charge in [0.1, 0.15) is 0 Å². The van der Waals surface area contributed by atoms with Crippen molar-refractivity contribution in [2.24, 2.45) is 0 Å². The number of benzene rings is 1. The molecule has 0 unspecified atom stereocenters. The number of hydrogen-bond donors (Lipinski definition) is 0. The Morgan fingerprint density at radius 1 is 1.27 bits per heavy atom. The average Bonchev–Trinajstić information content (AvgIpc) is 2.22. The van der Waals surface area contributed by atoms with Crippen LogP contribution in [0.4, 0.5) is 0 Å². The minimum absolute atomic E-state index is 0.786. The molecule has 0 aromatic heterocycles. The van der Waals surface area contributed by atoms with Gasteiger partial charge in [0.2, 0.25) is 0 Å². The fourth-order valence-corrected chi connectivity index (χ4v) is 1.47. The Hall–Kier alpha value is -0.570. The van der Waals surface area contributed by atoms with E-state index >= 15 is 0 Å². The van der Waals surface area contributed by atoms with E-state index in [4.69, 9.17) is 16.3 Å². The second kappa shape index (κ2) is 6.83. The minimum atomic E-state index is 0.786. The molecule has 0 aliphatic heterocycles. The summed E-state index contributed by atoms with van der Waals surface area (Å²) in [5.74, 6) is 0. The molecule has 0 spiro atoms. The van der Waals surface area contributed by atoms with Crippen molar-refractivity contribution in [1.82, 2.24) is 4.90 Å². The molecule has 0 saturated heterocycles. The Labute approximate surface area is 96.8 Å². The van der Waals surface area contributed by atoms with Crippen LogP contribution in [0, 0.1) is 0 Å². The number of rotatable bonds is 6. The van der Waals surface area contributed by atoms with E-state index in [1.54, 1.807) is 0 Å². The summed E-state index contributed by atoms with van der Waals surface area (Å²) >= 11 is 5.82. The Bertz CT molecular complexity index is 273. The zero-order valence-corrected chi connectivity index (χ0v) is 10.1. The Morgan fingerprint density at radius 2 is 1.93 bits per heavy atom. The minimum Gasteiger partial charge on any atom is -0.380 e. The van der Waals surface area contributed by atoms with Gasteiger partial charge in [0.05, 0.1) is 6.61 Å². The lowest BCUT2D eigenvalue weighted by atomic mass is 10.2. The van der Waals surface area contributed by atoms with Crippen molar-refractivity contribution in [2.75, 3.05) is 26.8 Å². The van der Waals surface area contributed by atoms with Crippen LogP contribution in [-0.2, 0) is 11.3 Å². The van der Waals surface area contributed by atoms with Crippen LogP contribution in [0.2, 0.25) is 5.02 Å². The first kappa shape index (κ1) is 12.5. The molecule has 15 heavy (non-hydrogen) atoms. The smallest absolute Gasteiger partial charge is 0.0593 e. The van der Waals surface area contributed by atoms with Gasteiger partial charge in [0.15, 0.2) is 0 Å². The number of hydrogen-bond acceptors (Lipinski definition) is 2. The molecule has 84 valence electrons. The number of ether oxygens (including phenoxy) is 1. The molecule has 1 aromatic carbocycles. The summed E-state index contributed by atoms with van der Waals surface area (Å²) in [6.07, 6.45) is 0. The Kier molecular flexibility index (Phi) is 5.69. The fraction of sp³-hybridized carbons (Fsp3) is 0.500. The highest BCUT2D eigenvalue weighted by atomic mass is 35.5. The van der Waals surface area contributed by atoms with Crippen molar-refractivity contribution in [1.29, 1.82) is 0 Å². The number of likely N-dealkylation sites (N-methyl/N-ethyl adjacent to an activating group) is 1. The van der Waals surface area contributed by atoms with E-state index in [1.165, 1.54) is 5.56 Å². The zero-order chi connectivity index (χ0) is 11.1. The van der Waals surface area contributed by atoms with Gasteiger partial charge >= 0.3 is 0 Å². The van der Waals surface area contributed by atoms with Crippen LogP contribution in [0.15, 0.2) is 24.3 Å². The molecule has 0 aliphatic carbocycles. The molecule has 0 heterocycles. The van der Waals surface area contributed by atoms with Crippen molar-refractivity contribution in [2.45, 2.75) is 13.5 Å². The normalized spacial score (nSPS) is 10.9. The molecule has 0 atom stereocenters. The molecule has 0 fully saturated rings. The lowest BCUT2D eigenvalue weighted by molar-refractivity contribution is 0.120. The molecule has 1 rings (SSSR count). The quantitative estimate of drug-likeness (QED) is 0.693. The predicted octanol–water partition coefficient (Wildman–Crippen LogP) is 2.81. The van der Waals surface area contributed by atoms with Crippen LogP contribution >= 0.6 is 11.6 Å². The molecular formula is C12H18ClNO. The molecule has 0 radical (unpaired) electrons. The third-order valence-electron chi connectivity index (χ3n) is 2.19. The highest BCUT2D eigenvalue weighted by Crippen LogP contribution is 2.10. The maximum Gasteiger partial charge on any atom is 0.0593 e. The SMILES string of the molecule is CCOCCN(C)Cc1ccc(Cl)cc1. The van der Waals surface area contributed by atoms with Gasteiger partial charge in [-0.3, -0.25) is 4.90 Å². The van der Waals surface area contributed by atoms with Crippen molar-refractivity contribution in [3.8, 4) is 0 Å². The van der Waals surface area contributed by atoms with Gasteiger partial charge in [-0.05, 0) is 31.7 Å². The Morgan fingerprint density at radius 3 is 2.53 bits per heavy atom. The Balaban J connectivity index is 2.31. The van der Waals surface area contributed by atoms with Crippen molar-refractivity contribution >= 4 is 11.6 Å². The van der Waals surface area contributed by atoms with Crippen LogP contribution < -0.4 is 0 Å². The molecule has 2 nitrogen and oxygen atoms in total. The molecule has 0 bridgehead atoms. The average molecular weight is 228 g/mol. The lowest BCUT2D eigenvalue weighted by Gasteiger charge is -2.16. The third kappa shape index (κ3) is 5.17. The largest absolute Gasteiger partial charge is 0.380 e. The monoisotopic (exact) mass is 227 g/mol. The molecule has 0 N–H and O–H groups in total. The first-order valence-corrected chi connectivity index (χ1v) is 5.61. The molecular weight excluding hydrogens is 210 g/mol. The maximum atomic E-state index is 5.82. The van der Waals surface area contributed by atoms with Crippen LogP contribution in [-0.4, -0.2) is 31.7 Å². The first-order valence-electron chi connectivity index (χ1n) is 5.23. The predicted molar refractivity (Wildman–Crippen MR) is 64.3 cm³/mol. The van der Waals surface area contributed by atoms with Gasteiger partial charge in [-0.2, -0.15) is 0 Å². The van der Waals surface area contributed by atoms with Crippen molar-refractivity contribution in [3.63, 3.8) is 0 Å². The summed E-state index contributed by atoms with van der Waals surface area (Å²) in [5.41, 5.74) is 1.28. The molecule has 0 amide bonds. The van der Waals surface area contributed by atoms with Gasteiger partial charge in [0.25, 0.3) is 0 Å².